The Bertz CT molecular complexity index is 646. The summed E-state index contributed by atoms with van der Waals surface area (Å²) in [7, 11) is 0. The quantitative estimate of drug-likeness (QED) is 0.723. The van der Waals surface area contributed by atoms with Crippen LogP contribution in [-0.2, 0) is 13.2 Å². The van der Waals surface area contributed by atoms with Crippen LogP contribution in [0.3, 0.4) is 0 Å². The summed E-state index contributed by atoms with van der Waals surface area (Å²) in [5, 5.41) is 13.3. The molecule has 2 N–H and O–H groups in total. The van der Waals surface area contributed by atoms with Crippen LogP contribution in [-0.4, -0.2) is 24.4 Å². The third-order valence-corrected chi connectivity index (χ3v) is 3.81. The molecule has 2 aromatic carbocycles. The SMILES string of the molecule is CCOc1cccc(CNC[C@@H](C)O)c1OCc1ccccc1Cl. The molecule has 0 radical (unpaired) electrons. The van der Waals surface area contributed by atoms with Gasteiger partial charge in [-0.25, -0.2) is 0 Å². The molecule has 0 aliphatic heterocycles. The lowest BCUT2D eigenvalue weighted by Crippen LogP contribution is -2.24. The molecule has 0 heterocycles. The third kappa shape index (κ3) is 5.41. The van der Waals surface area contributed by atoms with Crippen molar-refractivity contribution < 1.29 is 14.6 Å². The Kier molecular flexibility index (Phi) is 7.37. The maximum absolute atomic E-state index is 9.39. The molecule has 0 aliphatic carbocycles. The maximum atomic E-state index is 9.39. The molecule has 24 heavy (non-hydrogen) atoms. The molecule has 0 saturated heterocycles. The largest absolute Gasteiger partial charge is 0.490 e. The predicted octanol–water partition coefficient (Wildman–Crippen LogP) is 3.79. The van der Waals surface area contributed by atoms with Gasteiger partial charge >= 0.3 is 0 Å². The van der Waals surface area contributed by atoms with Crippen molar-refractivity contribution in [1.29, 1.82) is 0 Å². The van der Waals surface area contributed by atoms with Gasteiger partial charge < -0.3 is 19.9 Å². The second kappa shape index (κ2) is 9.52. The minimum absolute atomic E-state index is 0.368. The molecule has 0 saturated carbocycles. The molecule has 0 amide bonds. The molecule has 0 bridgehead atoms. The Morgan fingerprint density at radius 1 is 1.08 bits per heavy atom. The number of benzene rings is 2. The normalized spacial score (nSPS) is 12.0. The summed E-state index contributed by atoms with van der Waals surface area (Å²) in [4.78, 5) is 0. The lowest BCUT2D eigenvalue weighted by Gasteiger charge is -2.17. The number of nitrogens with one attached hydrogen (secondary N) is 1. The van der Waals surface area contributed by atoms with Crippen molar-refractivity contribution in [3.8, 4) is 11.5 Å². The number of aliphatic hydroxyl groups excluding tert-OH is 1. The minimum atomic E-state index is -0.396. The van der Waals surface area contributed by atoms with E-state index < -0.39 is 6.10 Å². The monoisotopic (exact) mass is 349 g/mol. The van der Waals surface area contributed by atoms with Crippen molar-refractivity contribution >= 4 is 11.6 Å². The van der Waals surface area contributed by atoms with Crippen LogP contribution in [0.15, 0.2) is 42.5 Å². The summed E-state index contributed by atoms with van der Waals surface area (Å²) in [6, 6.07) is 13.4. The van der Waals surface area contributed by atoms with Gasteiger partial charge in [0, 0.05) is 29.2 Å². The highest BCUT2D eigenvalue weighted by Gasteiger charge is 2.12. The molecule has 0 aromatic heterocycles. The van der Waals surface area contributed by atoms with Gasteiger partial charge in [0.15, 0.2) is 11.5 Å². The van der Waals surface area contributed by atoms with E-state index in [9.17, 15) is 5.11 Å². The fourth-order valence-corrected chi connectivity index (χ4v) is 2.50. The highest BCUT2D eigenvalue weighted by molar-refractivity contribution is 6.31. The molecule has 0 unspecified atom stereocenters. The summed E-state index contributed by atoms with van der Waals surface area (Å²) in [6.45, 7) is 5.72. The number of hydrogen-bond acceptors (Lipinski definition) is 4. The lowest BCUT2D eigenvalue weighted by atomic mass is 10.1. The summed E-state index contributed by atoms with van der Waals surface area (Å²) in [5.74, 6) is 1.42. The molecule has 5 heteroatoms. The van der Waals surface area contributed by atoms with Crippen molar-refractivity contribution in [3.63, 3.8) is 0 Å². The zero-order valence-electron chi connectivity index (χ0n) is 14.1. The first kappa shape index (κ1) is 18.6. The first-order valence-electron chi connectivity index (χ1n) is 8.11. The van der Waals surface area contributed by atoms with Crippen LogP contribution in [0.5, 0.6) is 11.5 Å². The van der Waals surface area contributed by atoms with E-state index >= 15 is 0 Å². The summed E-state index contributed by atoms with van der Waals surface area (Å²) in [6.07, 6.45) is -0.396. The maximum Gasteiger partial charge on any atom is 0.166 e. The van der Waals surface area contributed by atoms with Crippen molar-refractivity contribution in [2.45, 2.75) is 33.1 Å². The zero-order valence-corrected chi connectivity index (χ0v) is 14.8. The van der Waals surface area contributed by atoms with Gasteiger partial charge in [-0.05, 0) is 26.0 Å². The van der Waals surface area contributed by atoms with Gasteiger partial charge in [0.2, 0.25) is 0 Å². The number of para-hydroxylation sites is 1. The summed E-state index contributed by atoms with van der Waals surface area (Å²) >= 11 is 6.20. The minimum Gasteiger partial charge on any atom is -0.490 e. The molecule has 0 aliphatic rings. The third-order valence-electron chi connectivity index (χ3n) is 3.45. The van der Waals surface area contributed by atoms with E-state index in [4.69, 9.17) is 21.1 Å². The molecule has 130 valence electrons. The van der Waals surface area contributed by atoms with E-state index in [0.717, 1.165) is 11.1 Å². The van der Waals surface area contributed by atoms with Crippen LogP contribution in [0.4, 0.5) is 0 Å². The number of ether oxygens (including phenoxy) is 2. The van der Waals surface area contributed by atoms with Crippen molar-refractivity contribution in [3.05, 3.63) is 58.6 Å². The van der Waals surface area contributed by atoms with Gasteiger partial charge in [-0.3, -0.25) is 0 Å². The Labute approximate surface area is 148 Å². The standard InChI is InChI=1S/C19H24ClNO3/c1-3-23-18-10-6-8-15(12-21-11-14(2)22)19(18)24-13-16-7-4-5-9-17(16)20/h4-10,14,21-22H,3,11-13H2,1-2H3/t14-/m1/s1. The van der Waals surface area contributed by atoms with E-state index in [1.54, 1.807) is 6.92 Å². The molecule has 0 spiro atoms. The van der Waals surface area contributed by atoms with Crippen LogP contribution >= 0.6 is 11.6 Å². The highest BCUT2D eigenvalue weighted by Crippen LogP contribution is 2.32. The summed E-state index contributed by atoms with van der Waals surface area (Å²) in [5.41, 5.74) is 1.90. The molecule has 1 atom stereocenters. The van der Waals surface area contributed by atoms with Crippen molar-refractivity contribution in [1.82, 2.24) is 5.32 Å². The Morgan fingerprint density at radius 2 is 1.83 bits per heavy atom. The summed E-state index contributed by atoms with van der Waals surface area (Å²) < 4.78 is 11.7. The van der Waals surface area contributed by atoms with E-state index in [0.29, 0.717) is 42.8 Å². The van der Waals surface area contributed by atoms with Gasteiger partial charge in [0.1, 0.15) is 6.61 Å². The highest BCUT2D eigenvalue weighted by atomic mass is 35.5. The Morgan fingerprint density at radius 3 is 2.54 bits per heavy atom. The van der Waals surface area contributed by atoms with Gasteiger partial charge in [-0.1, -0.05) is 41.9 Å². The van der Waals surface area contributed by atoms with E-state index in [1.807, 2.05) is 49.4 Å². The van der Waals surface area contributed by atoms with E-state index in [2.05, 4.69) is 5.32 Å². The molecule has 0 fully saturated rings. The molecule has 2 aromatic rings. The van der Waals surface area contributed by atoms with Crippen LogP contribution in [0.1, 0.15) is 25.0 Å². The van der Waals surface area contributed by atoms with E-state index in [1.165, 1.54) is 0 Å². The van der Waals surface area contributed by atoms with Crippen molar-refractivity contribution in [2.24, 2.45) is 0 Å². The average Bonchev–Trinajstić information content (AvgIpc) is 2.55. The molecular formula is C19H24ClNO3. The Balaban J connectivity index is 2.16. The predicted molar refractivity (Wildman–Crippen MR) is 96.8 cm³/mol. The van der Waals surface area contributed by atoms with Gasteiger partial charge in [-0.2, -0.15) is 0 Å². The molecule has 4 nitrogen and oxygen atoms in total. The fraction of sp³-hybridized carbons (Fsp3) is 0.368. The number of rotatable bonds is 9. The first-order valence-corrected chi connectivity index (χ1v) is 8.49. The lowest BCUT2D eigenvalue weighted by molar-refractivity contribution is 0.190. The number of aliphatic hydroxyl groups is 1. The van der Waals surface area contributed by atoms with Crippen LogP contribution in [0.25, 0.3) is 0 Å². The topological polar surface area (TPSA) is 50.7 Å². The fourth-order valence-electron chi connectivity index (χ4n) is 2.31. The van der Waals surface area contributed by atoms with Crippen LogP contribution in [0, 0.1) is 0 Å². The van der Waals surface area contributed by atoms with Crippen LogP contribution < -0.4 is 14.8 Å². The second-order valence-electron chi connectivity index (χ2n) is 5.54. The Hall–Kier alpha value is -1.75. The van der Waals surface area contributed by atoms with Crippen molar-refractivity contribution in [2.75, 3.05) is 13.2 Å². The van der Waals surface area contributed by atoms with Gasteiger partial charge in [0.05, 0.1) is 12.7 Å². The number of halogens is 1. The van der Waals surface area contributed by atoms with Crippen LogP contribution in [0.2, 0.25) is 5.02 Å². The van der Waals surface area contributed by atoms with Gasteiger partial charge in [-0.15, -0.1) is 0 Å². The van der Waals surface area contributed by atoms with Gasteiger partial charge in [0.25, 0.3) is 0 Å². The zero-order chi connectivity index (χ0) is 17.4. The average molecular weight is 350 g/mol. The molecular weight excluding hydrogens is 326 g/mol. The number of hydrogen-bond donors (Lipinski definition) is 2. The van der Waals surface area contributed by atoms with E-state index in [-0.39, 0.29) is 0 Å². The smallest absolute Gasteiger partial charge is 0.166 e. The molecule has 2 rings (SSSR count). The second-order valence-corrected chi connectivity index (χ2v) is 5.94. The first-order chi connectivity index (χ1) is 11.6.